The number of aromatic amines is 1. The van der Waals surface area contributed by atoms with Gasteiger partial charge in [-0.3, -0.25) is 14.7 Å². The normalized spacial score (nSPS) is 11.0. The van der Waals surface area contributed by atoms with Gasteiger partial charge in [0.25, 0.3) is 11.1 Å². The first-order valence-corrected chi connectivity index (χ1v) is 6.54. The van der Waals surface area contributed by atoms with Crippen molar-refractivity contribution in [2.45, 2.75) is 6.54 Å². The van der Waals surface area contributed by atoms with Crippen LogP contribution in [-0.4, -0.2) is 20.0 Å². The molecular weight excluding hydrogens is 288 g/mol. The Labute approximate surface area is 115 Å². The van der Waals surface area contributed by atoms with E-state index in [-0.39, 0.29) is 17.7 Å². The zero-order chi connectivity index (χ0) is 13.4. The van der Waals surface area contributed by atoms with E-state index in [1.807, 2.05) is 0 Å². The van der Waals surface area contributed by atoms with Crippen LogP contribution in [0, 0.1) is 0 Å². The van der Waals surface area contributed by atoms with Crippen LogP contribution in [-0.2, 0) is 6.54 Å². The number of H-pyrrole nitrogens is 1. The zero-order valence-corrected chi connectivity index (χ0v) is 11.0. The summed E-state index contributed by atoms with van der Waals surface area (Å²) in [6, 6.07) is 6.67. The SMILES string of the molecule is O=c1[nH]n(Cc2nnc(Cl)s2)c(=O)c2ccccc12. The molecule has 0 saturated carbocycles. The number of benzene rings is 1. The van der Waals surface area contributed by atoms with Gasteiger partial charge in [-0.2, -0.15) is 0 Å². The van der Waals surface area contributed by atoms with Gasteiger partial charge in [-0.05, 0) is 23.7 Å². The monoisotopic (exact) mass is 294 g/mol. The van der Waals surface area contributed by atoms with E-state index in [1.165, 1.54) is 4.68 Å². The maximum absolute atomic E-state index is 12.2. The smallest absolute Gasteiger partial charge is 0.267 e. The lowest BCUT2D eigenvalue weighted by atomic mass is 10.2. The molecular formula is C11H7ClN4O2S. The van der Waals surface area contributed by atoms with Gasteiger partial charge in [0.2, 0.25) is 4.47 Å². The van der Waals surface area contributed by atoms with Gasteiger partial charge in [-0.25, -0.2) is 4.68 Å². The topological polar surface area (TPSA) is 80.6 Å². The highest BCUT2D eigenvalue weighted by Gasteiger charge is 2.09. The molecule has 8 heteroatoms. The Morgan fingerprint density at radius 1 is 1.21 bits per heavy atom. The largest absolute Gasteiger partial charge is 0.273 e. The predicted octanol–water partition coefficient (Wildman–Crippen LogP) is 1.24. The number of nitrogens with zero attached hydrogens (tertiary/aromatic N) is 3. The standard InChI is InChI=1S/C11H7ClN4O2S/c12-11-14-13-8(19-11)5-16-10(18)7-4-2-1-3-6(7)9(17)15-16/h1-4H,5H2,(H,15,17). The molecule has 0 aliphatic carbocycles. The average molecular weight is 295 g/mol. The van der Waals surface area contributed by atoms with Crippen molar-refractivity contribution in [3.63, 3.8) is 0 Å². The first-order chi connectivity index (χ1) is 9.15. The van der Waals surface area contributed by atoms with E-state index in [0.29, 0.717) is 20.2 Å². The lowest BCUT2D eigenvalue weighted by Crippen LogP contribution is -2.30. The second-order valence-electron chi connectivity index (χ2n) is 3.83. The van der Waals surface area contributed by atoms with Crippen LogP contribution in [0.1, 0.15) is 5.01 Å². The van der Waals surface area contributed by atoms with Gasteiger partial charge < -0.3 is 0 Å². The van der Waals surface area contributed by atoms with Crippen molar-refractivity contribution in [2.24, 2.45) is 0 Å². The minimum absolute atomic E-state index is 0.142. The third kappa shape index (κ3) is 2.18. The summed E-state index contributed by atoms with van der Waals surface area (Å²) in [5.41, 5.74) is -0.590. The molecule has 0 aliphatic heterocycles. The highest BCUT2D eigenvalue weighted by atomic mass is 35.5. The number of fused-ring (bicyclic) bond motifs is 1. The fourth-order valence-corrected chi connectivity index (χ4v) is 2.65. The highest BCUT2D eigenvalue weighted by molar-refractivity contribution is 7.15. The molecule has 0 saturated heterocycles. The van der Waals surface area contributed by atoms with Gasteiger partial charge in [0.05, 0.1) is 17.3 Å². The van der Waals surface area contributed by atoms with E-state index in [2.05, 4.69) is 15.3 Å². The Morgan fingerprint density at radius 2 is 1.95 bits per heavy atom. The van der Waals surface area contributed by atoms with E-state index in [0.717, 1.165) is 11.3 Å². The summed E-state index contributed by atoms with van der Waals surface area (Å²) < 4.78 is 1.51. The van der Waals surface area contributed by atoms with Crippen LogP contribution in [0.2, 0.25) is 4.47 Å². The van der Waals surface area contributed by atoms with Crippen molar-refractivity contribution in [3.8, 4) is 0 Å². The number of halogens is 1. The van der Waals surface area contributed by atoms with Crippen LogP contribution >= 0.6 is 22.9 Å². The summed E-state index contributed by atoms with van der Waals surface area (Å²) in [4.78, 5) is 24.1. The average Bonchev–Trinajstić information content (AvgIpc) is 2.81. The number of aromatic nitrogens is 4. The van der Waals surface area contributed by atoms with Crippen molar-refractivity contribution in [1.82, 2.24) is 20.0 Å². The zero-order valence-electron chi connectivity index (χ0n) is 9.46. The van der Waals surface area contributed by atoms with Crippen LogP contribution in [0.5, 0.6) is 0 Å². The lowest BCUT2D eigenvalue weighted by molar-refractivity contribution is 0.630. The molecule has 19 heavy (non-hydrogen) atoms. The van der Waals surface area contributed by atoms with E-state index in [4.69, 9.17) is 11.6 Å². The molecule has 3 aromatic rings. The second kappa shape index (κ2) is 4.60. The van der Waals surface area contributed by atoms with Gasteiger partial charge in [0.1, 0.15) is 5.01 Å². The van der Waals surface area contributed by atoms with Crippen molar-refractivity contribution in [1.29, 1.82) is 0 Å². The van der Waals surface area contributed by atoms with E-state index >= 15 is 0 Å². The predicted molar refractivity (Wildman–Crippen MR) is 72.8 cm³/mol. The Balaban J connectivity index is 2.17. The Bertz CT molecular complexity index is 867. The Morgan fingerprint density at radius 3 is 2.63 bits per heavy atom. The van der Waals surface area contributed by atoms with Gasteiger partial charge in [0, 0.05) is 0 Å². The minimum atomic E-state index is -0.314. The van der Waals surface area contributed by atoms with Gasteiger partial charge in [0.15, 0.2) is 0 Å². The van der Waals surface area contributed by atoms with Crippen molar-refractivity contribution in [2.75, 3.05) is 0 Å². The van der Waals surface area contributed by atoms with Crippen LogP contribution < -0.4 is 11.1 Å². The molecule has 2 heterocycles. The molecule has 6 nitrogen and oxygen atoms in total. The maximum Gasteiger partial charge on any atom is 0.273 e. The first kappa shape index (κ1) is 12.1. The number of hydrogen-bond donors (Lipinski definition) is 1. The second-order valence-corrected chi connectivity index (χ2v) is 5.47. The molecule has 2 aromatic heterocycles. The summed E-state index contributed by atoms with van der Waals surface area (Å²) in [6.45, 7) is 0.142. The molecule has 0 amide bonds. The van der Waals surface area contributed by atoms with Gasteiger partial charge >= 0.3 is 0 Å². The van der Waals surface area contributed by atoms with E-state index < -0.39 is 0 Å². The van der Waals surface area contributed by atoms with Crippen molar-refractivity contribution >= 4 is 33.7 Å². The number of rotatable bonds is 2. The quantitative estimate of drug-likeness (QED) is 0.771. The van der Waals surface area contributed by atoms with Crippen LogP contribution in [0.15, 0.2) is 33.9 Å². The van der Waals surface area contributed by atoms with E-state index in [9.17, 15) is 9.59 Å². The molecule has 3 rings (SSSR count). The lowest BCUT2D eigenvalue weighted by Gasteiger charge is -2.04. The third-order valence-electron chi connectivity index (χ3n) is 2.62. The fourth-order valence-electron chi connectivity index (χ4n) is 1.79. The van der Waals surface area contributed by atoms with Gasteiger partial charge in [-0.1, -0.05) is 23.5 Å². The van der Waals surface area contributed by atoms with Gasteiger partial charge in [-0.15, -0.1) is 10.2 Å². The minimum Gasteiger partial charge on any atom is -0.267 e. The van der Waals surface area contributed by atoms with Crippen LogP contribution in [0.4, 0.5) is 0 Å². The van der Waals surface area contributed by atoms with Crippen molar-refractivity contribution < 1.29 is 0 Å². The molecule has 0 spiro atoms. The van der Waals surface area contributed by atoms with Crippen LogP contribution in [0.3, 0.4) is 0 Å². The first-order valence-electron chi connectivity index (χ1n) is 5.35. The molecule has 1 aromatic carbocycles. The molecule has 0 aliphatic rings. The third-order valence-corrected chi connectivity index (χ3v) is 3.62. The van der Waals surface area contributed by atoms with Crippen molar-refractivity contribution in [3.05, 3.63) is 54.4 Å². The summed E-state index contributed by atoms with van der Waals surface area (Å²) >= 11 is 6.84. The molecule has 0 bridgehead atoms. The Hall–Kier alpha value is -1.99. The molecule has 0 unspecified atom stereocenters. The molecule has 0 radical (unpaired) electrons. The molecule has 1 N–H and O–H groups in total. The summed E-state index contributed by atoms with van der Waals surface area (Å²) in [5, 5.41) is 11.3. The maximum atomic E-state index is 12.2. The number of nitrogens with one attached hydrogen (secondary N) is 1. The highest BCUT2D eigenvalue weighted by Crippen LogP contribution is 2.15. The molecule has 0 atom stereocenters. The van der Waals surface area contributed by atoms with Crippen LogP contribution in [0.25, 0.3) is 10.8 Å². The summed E-state index contributed by atoms with van der Waals surface area (Å²) in [6.07, 6.45) is 0. The number of hydrogen-bond acceptors (Lipinski definition) is 5. The Kier molecular flexibility index (Phi) is 2.92. The fraction of sp³-hybridized carbons (Fsp3) is 0.0909. The molecule has 0 fully saturated rings. The van der Waals surface area contributed by atoms with E-state index in [1.54, 1.807) is 24.3 Å². The summed E-state index contributed by atoms with van der Waals surface area (Å²) in [5.74, 6) is 0. The summed E-state index contributed by atoms with van der Waals surface area (Å²) in [7, 11) is 0. The molecule has 96 valence electrons.